The molecule has 0 saturated carbocycles. The van der Waals surface area contributed by atoms with E-state index in [9.17, 15) is 0 Å². The van der Waals surface area contributed by atoms with E-state index in [1.165, 1.54) is 25.9 Å². The van der Waals surface area contributed by atoms with Crippen molar-refractivity contribution in [3.63, 3.8) is 0 Å². The average Bonchev–Trinajstić information content (AvgIpc) is 3.24. The number of nitrogens with one attached hydrogen (secondary N) is 1. The summed E-state index contributed by atoms with van der Waals surface area (Å²) in [6.07, 6.45) is 6.34. The van der Waals surface area contributed by atoms with Crippen LogP contribution in [0.2, 0.25) is 0 Å². The molecule has 4 nitrogen and oxygen atoms in total. The first-order chi connectivity index (χ1) is 11.4. The second kappa shape index (κ2) is 6.42. The van der Waals surface area contributed by atoms with Crippen molar-refractivity contribution in [1.82, 2.24) is 14.9 Å². The fourth-order valence-electron chi connectivity index (χ4n) is 3.16. The molecule has 3 aromatic rings. The van der Waals surface area contributed by atoms with Crippen LogP contribution in [-0.4, -0.2) is 41.1 Å². The molecule has 1 N–H and O–H groups in total. The van der Waals surface area contributed by atoms with Crippen LogP contribution in [0.1, 0.15) is 12.8 Å². The maximum Gasteiger partial charge on any atom is 0.119 e. The Morgan fingerprint density at radius 2 is 1.91 bits per heavy atom. The number of benzene rings is 1. The Kier molecular flexibility index (Phi) is 3.99. The van der Waals surface area contributed by atoms with E-state index in [0.29, 0.717) is 0 Å². The van der Waals surface area contributed by atoms with Crippen LogP contribution in [0.4, 0.5) is 0 Å². The number of H-pyrrole nitrogens is 1. The zero-order chi connectivity index (χ0) is 15.5. The Morgan fingerprint density at radius 1 is 1.09 bits per heavy atom. The lowest BCUT2D eigenvalue weighted by Gasteiger charge is -2.14. The van der Waals surface area contributed by atoms with Gasteiger partial charge in [0.05, 0.1) is 0 Å². The van der Waals surface area contributed by atoms with E-state index in [2.05, 4.69) is 33.1 Å². The summed E-state index contributed by atoms with van der Waals surface area (Å²) in [4.78, 5) is 10.0. The molecular weight excluding hydrogens is 286 g/mol. The smallest absolute Gasteiger partial charge is 0.119 e. The third kappa shape index (κ3) is 3.22. The van der Waals surface area contributed by atoms with Crippen molar-refractivity contribution in [3.8, 4) is 17.0 Å². The first kappa shape index (κ1) is 14.3. The molecule has 23 heavy (non-hydrogen) atoms. The molecule has 1 aromatic carbocycles. The molecule has 0 atom stereocenters. The summed E-state index contributed by atoms with van der Waals surface area (Å²) >= 11 is 0. The number of pyridine rings is 1. The zero-order valence-corrected chi connectivity index (χ0v) is 13.2. The van der Waals surface area contributed by atoms with Gasteiger partial charge in [0.2, 0.25) is 0 Å². The number of hydrogen-bond donors (Lipinski definition) is 1. The third-order valence-corrected chi connectivity index (χ3v) is 4.46. The van der Waals surface area contributed by atoms with Crippen molar-refractivity contribution >= 4 is 10.9 Å². The first-order valence-electron chi connectivity index (χ1n) is 8.27. The van der Waals surface area contributed by atoms with Crippen molar-refractivity contribution in [2.24, 2.45) is 0 Å². The largest absolute Gasteiger partial charge is 0.492 e. The molecular formula is C19H21N3O. The van der Waals surface area contributed by atoms with E-state index >= 15 is 0 Å². The summed E-state index contributed by atoms with van der Waals surface area (Å²) in [7, 11) is 0. The van der Waals surface area contributed by atoms with Crippen molar-refractivity contribution in [3.05, 3.63) is 48.8 Å². The van der Waals surface area contributed by atoms with E-state index in [4.69, 9.17) is 4.74 Å². The minimum absolute atomic E-state index is 0.761. The number of ether oxygens (including phenoxy) is 1. The molecule has 1 saturated heterocycles. The van der Waals surface area contributed by atoms with Crippen molar-refractivity contribution in [1.29, 1.82) is 0 Å². The maximum absolute atomic E-state index is 5.86. The Balaban J connectivity index is 1.40. The SMILES string of the molecule is c1cc2[nH]c(-c3ccc(OCCN4CCCC4)cc3)cc2cn1. The van der Waals surface area contributed by atoms with Gasteiger partial charge in [-0.15, -0.1) is 0 Å². The Hall–Kier alpha value is -2.33. The van der Waals surface area contributed by atoms with Crippen LogP contribution in [0.15, 0.2) is 48.8 Å². The predicted molar refractivity (Wildman–Crippen MR) is 92.7 cm³/mol. The van der Waals surface area contributed by atoms with Crippen LogP contribution in [0, 0.1) is 0 Å². The Bertz CT molecular complexity index is 740. The molecule has 1 aliphatic heterocycles. The predicted octanol–water partition coefficient (Wildman–Crippen LogP) is 3.70. The molecule has 0 aliphatic carbocycles. The van der Waals surface area contributed by atoms with Crippen molar-refractivity contribution in [2.45, 2.75) is 12.8 Å². The number of likely N-dealkylation sites (tertiary alicyclic amines) is 1. The Labute approximate surface area is 136 Å². The van der Waals surface area contributed by atoms with E-state index in [-0.39, 0.29) is 0 Å². The van der Waals surface area contributed by atoms with Gasteiger partial charge in [0.1, 0.15) is 12.4 Å². The van der Waals surface area contributed by atoms with Crippen LogP contribution in [-0.2, 0) is 0 Å². The van der Waals surface area contributed by atoms with Gasteiger partial charge < -0.3 is 9.72 Å². The van der Waals surface area contributed by atoms with E-state index < -0.39 is 0 Å². The minimum Gasteiger partial charge on any atom is -0.492 e. The van der Waals surface area contributed by atoms with Crippen molar-refractivity contribution < 1.29 is 4.74 Å². The lowest BCUT2D eigenvalue weighted by molar-refractivity contribution is 0.238. The Morgan fingerprint density at radius 3 is 2.70 bits per heavy atom. The van der Waals surface area contributed by atoms with Gasteiger partial charge in [-0.2, -0.15) is 0 Å². The second-order valence-corrected chi connectivity index (χ2v) is 6.07. The van der Waals surface area contributed by atoms with Crippen LogP contribution in [0.25, 0.3) is 22.2 Å². The highest BCUT2D eigenvalue weighted by molar-refractivity contribution is 5.84. The topological polar surface area (TPSA) is 41.1 Å². The molecule has 1 fully saturated rings. The quantitative estimate of drug-likeness (QED) is 0.781. The van der Waals surface area contributed by atoms with Gasteiger partial charge in [-0.25, -0.2) is 0 Å². The monoisotopic (exact) mass is 307 g/mol. The number of aromatic amines is 1. The first-order valence-corrected chi connectivity index (χ1v) is 8.27. The molecule has 118 valence electrons. The molecule has 4 rings (SSSR count). The summed E-state index contributed by atoms with van der Waals surface area (Å²) in [5.74, 6) is 0.936. The molecule has 0 unspecified atom stereocenters. The molecule has 0 radical (unpaired) electrons. The minimum atomic E-state index is 0.761. The van der Waals surface area contributed by atoms with Crippen LogP contribution in [0.5, 0.6) is 5.75 Å². The van der Waals surface area contributed by atoms with Gasteiger partial charge in [-0.1, -0.05) is 0 Å². The highest BCUT2D eigenvalue weighted by atomic mass is 16.5. The summed E-state index contributed by atoms with van der Waals surface area (Å²) in [5.41, 5.74) is 3.38. The summed E-state index contributed by atoms with van der Waals surface area (Å²) in [6, 6.07) is 12.4. The standard InChI is InChI=1S/C19H21N3O/c1-2-10-22(9-1)11-12-23-17-5-3-15(4-6-17)19-13-16-14-20-8-7-18(16)21-19/h3-8,13-14,21H,1-2,9-12H2. The molecule has 3 heterocycles. The van der Waals surface area contributed by atoms with Gasteiger partial charge >= 0.3 is 0 Å². The third-order valence-electron chi connectivity index (χ3n) is 4.46. The maximum atomic E-state index is 5.86. The zero-order valence-electron chi connectivity index (χ0n) is 13.2. The average molecular weight is 307 g/mol. The lowest BCUT2D eigenvalue weighted by atomic mass is 10.1. The molecule has 2 aromatic heterocycles. The number of fused-ring (bicyclic) bond motifs is 1. The van der Waals surface area contributed by atoms with E-state index in [1.807, 2.05) is 24.4 Å². The lowest BCUT2D eigenvalue weighted by Crippen LogP contribution is -2.25. The fourth-order valence-corrected chi connectivity index (χ4v) is 3.16. The highest BCUT2D eigenvalue weighted by Crippen LogP contribution is 2.25. The molecule has 1 aliphatic rings. The molecule has 0 amide bonds. The number of nitrogens with zero attached hydrogens (tertiary/aromatic N) is 2. The van der Waals surface area contributed by atoms with Crippen LogP contribution >= 0.6 is 0 Å². The van der Waals surface area contributed by atoms with Gasteiger partial charge in [-0.05, 0) is 67.9 Å². The van der Waals surface area contributed by atoms with E-state index in [1.54, 1.807) is 6.20 Å². The van der Waals surface area contributed by atoms with Gasteiger partial charge in [-0.3, -0.25) is 9.88 Å². The summed E-state index contributed by atoms with van der Waals surface area (Å²) in [5, 5.41) is 1.13. The summed E-state index contributed by atoms with van der Waals surface area (Å²) in [6.45, 7) is 4.23. The van der Waals surface area contributed by atoms with Crippen molar-refractivity contribution in [2.75, 3.05) is 26.2 Å². The molecule has 0 bridgehead atoms. The molecule has 0 spiro atoms. The number of aromatic nitrogens is 2. The number of rotatable bonds is 5. The van der Waals surface area contributed by atoms with Gasteiger partial charge in [0.25, 0.3) is 0 Å². The highest BCUT2D eigenvalue weighted by Gasteiger charge is 2.10. The van der Waals surface area contributed by atoms with Crippen LogP contribution < -0.4 is 4.74 Å². The van der Waals surface area contributed by atoms with Gasteiger partial charge in [0, 0.05) is 35.5 Å². The fraction of sp³-hybridized carbons (Fsp3) is 0.316. The normalized spacial score (nSPS) is 15.3. The molecule has 4 heteroatoms. The number of hydrogen-bond acceptors (Lipinski definition) is 3. The van der Waals surface area contributed by atoms with Gasteiger partial charge in [0.15, 0.2) is 0 Å². The van der Waals surface area contributed by atoms with E-state index in [0.717, 1.165) is 41.1 Å². The van der Waals surface area contributed by atoms with Crippen LogP contribution in [0.3, 0.4) is 0 Å². The summed E-state index contributed by atoms with van der Waals surface area (Å²) < 4.78 is 5.86. The second-order valence-electron chi connectivity index (χ2n) is 6.07.